The molecule has 0 aliphatic carbocycles. The summed E-state index contributed by atoms with van der Waals surface area (Å²) in [6.07, 6.45) is 0.553. The highest BCUT2D eigenvalue weighted by Crippen LogP contribution is 2.08. The lowest BCUT2D eigenvalue weighted by molar-refractivity contribution is -0.143. The number of amides is 2. The lowest BCUT2D eigenvalue weighted by Gasteiger charge is -2.24. The molecule has 30 heavy (non-hydrogen) atoms. The molecule has 0 heterocycles. The average Bonchev–Trinajstić information content (AvgIpc) is 2.72. The Labute approximate surface area is 176 Å². The first-order valence-electron chi connectivity index (χ1n) is 9.95. The zero-order chi connectivity index (χ0) is 22.1. The minimum absolute atomic E-state index is 0.223. The summed E-state index contributed by atoms with van der Waals surface area (Å²) in [6.45, 7) is 3.42. The Morgan fingerprint density at radius 3 is 1.80 bits per heavy atom. The number of rotatable bonds is 10. The monoisotopic (exact) mass is 411 g/mol. The molecule has 0 bridgehead atoms. The molecule has 0 saturated carbocycles. The predicted octanol–water partition coefficient (Wildman–Crippen LogP) is 1.51. The van der Waals surface area contributed by atoms with Gasteiger partial charge in [0.25, 0.3) is 0 Å². The first-order chi connectivity index (χ1) is 14.3. The Kier molecular flexibility index (Phi) is 8.55. The summed E-state index contributed by atoms with van der Waals surface area (Å²) in [5.41, 5.74) is 7.80. The Hall–Kier alpha value is -3.19. The number of carbonyl (C=O) groups is 3. The number of hydrogen-bond acceptors (Lipinski definition) is 4. The molecule has 0 saturated heterocycles. The van der Waals surface area contributed by atoms with E-state index in [4.69, 9.17) is 5.73 Å². The third-order valence-corrected chi connectivity index (χ3v) is 4.78. The van der Waals surface area contributed by atoms with Crippen molar-refractivity contribution in [2.75, 3.05) is 0 Å². The molecule has 0 fully saturated rings. The van der Waals surface area contributed by atoms with E-state index in [9.17, 15) is 19.5 Å². The van der Waals surface area contributed by atoms with E-state index in [1.165, 1.54) is 0 Å². The fourth-order valence-electron chi connectivity index (χ4n) is 3.07. The van der Waals surface area contributed by atoms with Crippen molar-refractivity contribution in [1.29, 1.82) is 0 Å². The smallest absolute Gasteiger partial charge is 0.326 e. The molecule has 2 amide bonds. The van der Waals surface area contributed by atoms with Gasteiger partial charge in [-0.2, -0.15) is 0 Å². The molecule has 160 valence electrons. The SMILES string of the molecule is CC(C)[C@@H](NC(=O)[C@H](Cc1ccccc1)NC(=O)[C@@H](N)Cc1ccccc1)C(=O)O. The number of carboxylic acid groups (broad SMARTS) is 1. The molecule has 2 aromatic carbocycles. The van der Waals surface area contributed by atoms with E-state index >= 15 is 0 Å². The van der Waals surface area contributed by atoms with Gasteiger partial charge in [-0.25, -0.2) is 4.79 Å². The van der Waals surface area contributed by atoms with E-state index in [0.29, 0.717) is 6.42 Å². The van der Waals surface area contributed by atoms with Crippen LogP contribution in [-0.4, -0.2) is 41.0 Å². The van der Waals surface area contributed by atoms with Crippen LogP contribution in [0, 0.1) is 5.92 Å². The van der Waals surface area contributed by atoms with Crippen molar-refractivity contribution in [1.82, 2.24) is 10.6 Å². The number of nitrogens with two attached hydrogens (primary N) is 1. The van der Waals surface area contributed by atoms with Crippen molar-refractivity contribution in [3.63, 3.8) is 0 Å². The predicted molar refractivity (Wildman–Crippen MR) is 115 cm³/mol. The Morgan fingerprint density at radius 2 is 1.33 bits per heavy atom. The lowest BCUT2D eigenvalue weighted by Crippen LogP contribution is -2.56. The Balaban J connectivity index is 2.13. The quantitative estimate of drug-likeness (QED) is 0.472. The van der Waals surface area contributed by atoms with Crippen LogP contribution in [0.15, 0.2) is 60.7 Å². The third kappa shape index (κ3) is 7.00. The molecule has 7 nitrogen and oxygen atoms in total. The van der Waals surface area contributed by atoms with Crippen molar-refractivity contribution in [3.05, 3.63) is 71.8 Å². The molecule has 7 heteroatoms. The van der Waals surface area contributed by atoms with Gasteiger partial charge in [-0.05, 0) is 23.5 Å². The highest BCUT2D eigenvalue weighted by atomic mass is 16.4. The van der Waals surface area contributed by atoms with E-state index in [2.05, 4.69) is 10.6 Å². The van der Waals surface area contributed by atoms with Crippen molar-refractivity contribution in [2.45, 2.75) is 44.8 Å². The number of nitrogens with one attached hydrogen (secondary N) is 2. The van der Waals surface area contributed by atoms with Gasteiger partial charge in [-0.3, -0.25) is 9.59 Å². The van der Waals surface area contributed by atoms with Crippen LogP contribution in [0.1, 0.15) is 25.0 Å². The van der Waals surface area contributed by atoms with E-state index in [1.807, 2.05) is 60.7 Å². The fraction of sp³-hybridized carbons (Fsp3) is 0.348. The molecule has 2 aromatic rings. The average molecular weight is 412 g/mol. The molecule has 0 aromatic heterocycles. The second-order valence-electron chi connectivity index (χ2n) is 7.62. The number of benzene rings is 2. The minimum atomic E-state index is -1.12. The standard InChI is InChI=1S/C23H29N3O4/c1-15(2)20(23(29)30)26-22(28)19(14-17-11-7-4-8-12-17)25-21(27)18(24)13-16-9-5-3-6-10-16/h3-12,15,18-20H,13-14,24H2,1-2H3,(H,25,27)(H,26,28)(H,29,30)/t18-,19-,20+/m0/s1. The van der Waals surface area contributed by atoms with E-state index in [1.54, 1.807) is 13.8 Å². The second kappa shape index (κ2) is 11.1. The number of hydrogen-bond donors (Lipinski definition) is 4. The normalized spacial score (nSPS) is 13.9. The largest absolute Gasteiger partial charge is 0.480 e. The zero-order valence-corrected chi connectivity index (χ0v) is 17.2. The van der Waals surface area contributed by atoms with Crippen LogP contribution in [0.5, 0.6) is 0 Å². The van der Waals surface area contributed by atoms with E-state index in [0.717, 1.165) is 11.1 Å². The topological polar surface area (TPSA) is 122 Å². The van der Waals surface area contributed by atoms with Gasteiger partial charge < -0.3 is 21.5 Å². The summed E-state index contributed by atoms with van der Waals surface area (Å²) in [4.78, 5) is 37.0. The highest BCUT2D eigenvalue weighted by molar-refractivity contribution is 5.92. The van der Waals surface area contributed by atoms with Gasteiger partial charge in [0.1, 0.15) is 12.1 Å². The van der Waals surface area contributed by atoms with Gasteiger partial charge in [0.05, 0.1) is 6.04 Å². The first kappa shape index (κ1) is 23.1. The summed E-state index contributed by atoms with van der Waals surface area (Å²) < 4.78 is 0. The molecule has 0 unspecified atom stereocenters. The van der Waals surface area contributed by atoms with Crippen LogP contribution >= 0.6 is 0 Å². The molecular weight excluding hydrogens is 382 g/mol. The summed E-state index contributed by atoms with van der Waals surface area (Å²) in [6, 6.07) is 15.7. The molecule has 0 radical (unpaired) electrons. The van der Waals surface area contributed by atoms with Crippen LogP contribution < -0.4 is 16.4 Å². The molecule has 5 N–H and O–H groups in total. The van der Waals surface area contributed by atoms with Crippen LogP contribution in [0.2, 0.25) is 0 Å². The number of aliphatic carboxylic acids is 1. The fourth-order valence-corrected chi connectivity index (χ4v) is 3.07. The van der Waals surface area contributed by atoms with Crippen molar-refractivity contribution < 1.29 is 19.5 Å². The van der Waals surface area contributed by atoms with Gasteiger partial charge in [-0.15, -0.1) is 0 Å². The lowest BCUT2D eigenvalue weighted by atomic mass is 10.0. The molecule has 0 aliphatic heterocycles. The van der Waals surface area contributed by atoms with Crippen molar-refractivity contribution in [3.8, 4) is 0 Å². The maximum atomic E-state index is 12.9. The Morgan fingerprint density at radius 1 is 0.833 bits per heavy atom. The van der Waals surface area contributed by atoms with Gasteiger partial charge in [-0.1, -0.05) is 74.5 Å². The second-order valence-corrected chi connectivity index (χ2v) is 7.62. The van der Waals surface area contributed by atoms with Crippen LogP contribution in [0.3, 0.4) is 0 Å². The van der Waals surface area contributed by atoms with E-state index < -0.39 is 35.9 Å². The summed E-state index contributed by atoms with van der Waals surface area (Å²) in [5.74, 6) is -2.45. The summed E-state index contributed by atoms with van der Waals surface area (Å²) in [5, 5.41) is 14.6. The molecule has 0 spiro atoms. The Bertz CT molecular complexity index is 840. The van der Waals surface area contributed by atoms with Gasteiger partial charge in [0.2, 0.25) is 11.8 Å². The highest BCUT2D eigenvalue weighted by Gasteiger charge is 2.29. The van der Waals surface area contributed by atoms with Crippen molar-refractivity contribution in [2.24, 2.45) is 11.7 Å². The molecular formula is C23H29N3O4. The molecule has 3 atom stereocenters. The molecule has 2 rings (SSSR count). The maximum Gasteiger partial charge on any atom is 0.326 e. The summed E-state index contributed by atoms with van der Waals surface area (Å²) in [7, 11) is 0. The first-order valence-corrected chi connectivity index (χ1v) is 9.95. The maximum absolute atomic E-state index is 12.9. The van der Waals surface area contributed by atoms with Gasteiger partial charge >= 0.3 is 5.97 Å². The number of carboxylic acids is 1. The van der Waals surface area contributed by atoms with Crippen LogP contribution in [0.25, 0.3) is 0 Å². The zero-order valence-electron chi connectivity index (χ0n) is 17.2. The molecule has 0 aliphatic rings. The van der Waals surface area contributed by atoms with Crippen LogP contribution in [-0.2, 0) is 27.2 Å². The van der Waals surface area contributed by atoms with Crippen LogP contribution in [0.4, 0.5) is 0 Å². The summed E-state index contributed by atoms with van der Waals surface area (Å²) >= 11 is 0. The van der Waals surface area contributed by atoms with Gasteiger partial charge in [0, 0.05) is 6.42 Å². The van der Waals surface area contributed by atoms with Gasteiger partial charge in [0.15, 0.2) is 0 Å². The van der Waals surface area contributed by atoms with Crippen molar-refractivity contribution >= 4 is 17.8 Å². The van der Waals surface area contributed by atoms with E-state index in [-0.39, 0.29) is 12.3 Å². The number of carbonyl (C=O) groups excluding carboxylic acids is 2. The minimum Gasteiger partial charge on any atom is -0.480 e. The third-order valence-electron chi connectivity index (χ3n) is 4.78.